The number of likely N-dealkylation sites (N-methyl/N-ethyl adjacent to an activating group) is 1. The monoisotopic (exact) mass is 297 g/mol. The molecule has 0 unspecified atom stereocenters. The Bertz CT molecular complexity index is 1030. The van der Waals surface area contributed by atoms with Crippen LogP contribution >= 0.6 is 0 Å². The van der Waals surface area contributed by atoms with E-state index in [-0.39, 0.29) is 23.1 Å². The minimum atomic E-state index is -2.71. The number of carbonyl (C=O) groups is 1. The third-order valence-corrected chi connectivity index (χ3v) is 3.02. The van der Waals surface area contributed by atoms with E-state index in [0.29, 0.717) is 4.90 Å². The van der Waals surface area contributed by atoms with Crippen molar-refractivity contribution in [1.29, 1.82) is 0 Å². The van der Waals surface area contributed by atoms with Crippen molar-refractivity contribution >= 4 is 17.0 Å². The molecule has 5 nitrogen and oxygen atoms in total. The van der Waals surface area contributed by atoms with Gasteiger partial charge in [-0.1, -0.05) is 6.04 Å². The van der Waals surface area contributed by atoms with Gasteiger partial charge >= 0.3 is 6.09 Å². The van der Waals surface area contributed by atoms with Gasteiger partial charge in [-0.15, -0.1) is 0 Å². The smallest absolute Gasteiger partial charge is 0.407 e. The Morgan fingerprint density at radius 2 is 2.52 bits per heavy atom. The zero-order valence-electron chi connectivity index (χ0n) is 21.3. The molecule has 0 bridgehead atoms. The minimum Gasteiger partial charge on any atom is -0.447 e. The van der Waals surface area contributed by atoms with E-state index in [4.69, 9.17) is 18.4 Å². The van der Waals surface area contributed by atoms with E-state index in [1.807, 2.05) is 0 Å². The number of ether oxygens (including phenoxy) is 1. The molecule has 1 amide bonds. The van der Waals surface area contributed by atoms with Crippen LogP contribution in [0.2, 0.25) is 0 Å². The Balaban J connectivity index is 2.15. The molecule has 1 aliphatic heterocycles. The second kappa shape index (κ2) is 5.77. The number of fused-ring (bicyclic) bond motifs is 1. The molecule has 1 aromatic carbocycles. The highest BCUT2D eigenvalue weighted by Gasteiger charge is 2.22. The van der Waals surface area contributed by atoms with Gasteiger partial charge in [0.2, 0.25) is 0 Å². The summed E-state index contributed by atoms with van der Waals surface area (Å²) in [6, 6.07) is -2.56. The van der Waals surface area contributed by atoms with Crippen LogP contribution in [0.4, 0.5) is 4.79 Å². The summed E-state index contributed by atoms with van der Waals surface area (Å²) in [6.45, 7) is -5.37. The lowest BCUT2D eigenvalue weighted by molar-refractivity contribution is 0.177. The van der Waals surface area contributed by atoms with E-state index in [1.54, 1.807) is 0 Å². The van der Waals surface area contributed by atoms with E-state index in [2.05, 4.69) is 10.3 Å². The molecular weight excluding hydrogens is 266 g/mol. The zero-order chi connectivity index (χ0) is 23.5. The predicted molar refractivity (Wildman–Crippen MR) is 82.5 cm³/mol. The van der Waals surface area contributed by atoms with Crippen molar-refractivity contribution in [1.82, 2.24) is 15.2 Å². The van der Waals surface area contributed by atoms with Crippen LogP contribution in [0.1, 0.15) is 24.8 Å². The second-order valence-electron chi connectivity index (χ2n) is 4.65. The quantitative estimate of drug-likeness (QED) is 0.886. The fourth-order valence-electron chi connectivity index (χ4n) is 2.04. The summed E-state index contributed by atoms with van der Waals surface area (Å²) in [6.07, 6.45) is -2.39. The predicted octanol–water partition coefficient (Wildman–Crippen LogP) is 1.92. The van der Waals surface area contributed by atoms with Gasteiger partial charge in [0.25, 0.3) is 0 Å². The molecule has 112 valence electrons. The maximum absolute atomic E-state index is 11.4. The lowest BCUT2D eigenvalue weighted by Crippen LogP contribution is -2.28. The van der Waals surface area contributed by atoms with Crippen LogP contribution in [0.3, 0.4) is 0 Å². The Morgan fingerprint density at radius 1 is 1.62 bits per heavy atom. The number of hydrogen-bond donors (Lipinski definition) is 2. The third kappa shape index (κ3) is 3.19. The molecule has 1 fully saturated rings. The van der Waals surface area contributed by atoms with Crippen LogP contribution in [-0.2, 0) is 17.5 Å². The first-order valence-electron chi connectivity index (χ1n) is 11.4. The summed E-state index contributed by atoms with van der Waals surface area (Å²) in [7, 11) is 1.11. The Morgan fingerprint density at radius 3 is 3.29 bits per heavy atom. The summed E-state index contributed by atoms with van der Waals surface area (Å²) in [5.74, 6) is 0. The van der Waals surface area contributed by atoms with E-state index in [0.717, 1.165) is 7.05 Å². The Labute approximate surface area is 138 Å². The number of H-pyrrole nitrogens is 1. The van der Waals surface area contributed by atoms with Gasteiger partial charge in [-0.2, -0.15) is 0 Å². The number of aryl methyl sites for hydroxylation is 1. The number of alkyl carbamates (subject to hydrolysis) is 1. The molecule has 1 aromatic heterocycles. The first kappa shape index (κ1) is 6.40. The molecule has 1 aliphatic rings. The van der Waals surface area contributed by atoms with E-state index >= 15 is 0 Å². The van der Waals surface area contributed by atoms with Crippen LogP contribution in [0.15, 0.2) is 24.3 Å². The average Bonchev–Trinajstić information content (AvgIpc) is 3.25. The molecule has 0 aliphatic carbocycles. The van der Waals surface area contributed by atoms with Crippen molar-refractivity contribution in [3.05, 3.63) is 35.5 Å². The fourth-order valence-corrected chi connectivity index (χ4v) is 2.04. The van der Waals surface area contributed by atoms with Crippen LogP contribution < -0.4 is 5.32 Å². The minimum absolute atomic E-state index is 0.0212. The van der Waals surface area contributed by atoms with Crippen LogP contribution in [-0.4, -0.2) is 49.1 Å². The van der Waals surface area contributed by atoms with E-state index in [9.17, 15) is 4.79 Å². The lowest BCUT2D eigenvalue weighted by Gasteiger charge is -2.09. The summed E-state index contributed by atoms with van der Waals surface area (Å²) in [5.41, 5.74) is -0.228. The number of carbonyl (C=O) groups excluding carboxylic acids is 1. The number of aromatic amines is 1. The molecule has 2 aromatic rings. The van der Waals surface area contributed by atoms with Gasteiger partial charge in [-0.3, -0.25) is 0 Å². The van der Waals surface area contributed by atoms with Crippen molar-refractivity contribution in [2.45, 2.75) is 18.8 Å². The van der Waals surface area contributed by atoms with Gasteiger partial charge in [0.1, 0.15) is 6.61 Å². The average molecular weight is 297 g/mol. The number of amides is 1. The summed E-state index contributed by atoms with van der Waals surface area (Å²) in [5, 5.41) is 2.31. The molecule has 2 heterocycles. The molecule has 21 heavy (non-hydrogen) atoms. The van der Waals surface area contributed by atoms with Crippen molar-refractivity contribution in [2.24, 2.45) is 0 Å². The third-order valence-electron chi connectivity index (χ3n) is 3.02. The van der Waals surface area contributed by atoms with E-state index in [1.165, 1.54) is 6.20 Å². The lowest BCUT2D eigenvalue weighted by atomic mass is 10.0. The molecule has 1 atom stereocenters. The van der Waals surface area contributed by atoms with Crippen molar-refractivity contribution in [2.75, 3.05) is 27.1 Å². The van der Waals surface area contributed by atoms with Gasteiger partial charge in [-0.25, -0.2) is 4.79 Å². The van der Waals surface area contributed by atoms with Crippen molar-refractivity contribution in [3.8, 4) is 0 Å². The molecule has 0 saturated carbocycles. The van der Waals surface area contributed by atoms with E-state index < -0.39 is 62.1 Å². The molecular formula is C16H21N3O2. The number of rotatable bonds is 5. The Hall–Kier alpha value is -2.01. The highest BCUT2D eigenvalue weighted by atomic mass is 16.6. The van der Waals surface area contributed by atoms with Crippen molar-refractivity contribution < 1.29 is 23.2 Å². The Kier molecular flexibility index (Phi) is 1.76. The van der Waals surface area contributed by atoms with Crippen LogP contribution in [0.5, 0.6) is 0 Å². The second-order valence-corrected chi connectivity index (χ2v) is 4.65. The largest absolute Gasteiger partial charge is 0.447 e. The first-order chi connectivity index (χ1) is 14.1. The highest BCUT2D eigenvalue weighted by Crippen LogP contribution is 2.21. The van der Waals surface area contributed by atoms with Gasteiger partial charge < -0.3 is 19.9 Å². The summed E-state index contributed by atoms with van der Waals surface area (Å²) < 4.78 is 85.4. The zero-order valence-corrected chi connectivity index (χ0v) is 11.3. The van der Waals surface area contributed by atoms with Crippen LogP contribution in [0.25, 0.3) is 10.9 Å². The number of nitrogens with zero attached hydrogens (tertiary/aromatic N) is 1. The summed E-state index contributed by atoms with van der Waals surface area (Å²) >= 11 is 0. The number of hydrogen-bond acceptors (Lipinski definition) is 3. The standard InChI is InChI=1S/C16H21N3O2/c1-19(2)6-5-12-9-17-15-4-3-11(8-14(12)15)7-13-10-21-16(20)18-13/h3-4,8-9,13,17H,5-7,10H2,1-2H3,(H,18,20)/t13-/m0/s1/i1D3,3D,4D,6D2,7D2,8D. The van der Waals surface area contributed by atoms with Gasteiger partial charge in [0.15, 0.2) is 0 Å². The van der Waals surface area contributed by atoms with Crippen molar-refractivity contribution in [3.63, 3.8) is 0 Å². The molecule has 1 saturated heterocycles. The van der Waals surface area contributed by atoms with Gasteiger partial charge in [-0.05, 0) is 50.0 Å². The number of aromatic nitrogens is 1. The van der Waals surface area contributed by atoms with Crippen LogP contribution in [0, 0.1) is 0 Å². The normalized spacial score (nSPS) is 27.1. The van der Waals surface area contributed by atoms with Gasteiger partial charge in [0.05, 0.1) is 10.2 Å². The number of benzene rings is 1. The fraction of sp³-hybridized carbons (Fsp3) is 0.438. The maximum Gasteiger partial charge on any atom is 0.407 e. The molecule has 3 rings (SSSR count). The highest BCUT2D eigenvalue weighted by molar-refractivity contribution is 5.84. The molecule has 0 radical (unpaired) electrons. The summed E-state index contributed by atoms with van der Waals surface area (Å²) in [4.78, 5) is 14.7. The molecule has 0 spiro atoms. The molecule has 5 heteroatoms. The SMILES string of the molecule is [2H]c1c(C([2H])([2H])[C@H]2COC(=O)N2)c([2H])c2c(CC([2H])([2H])N(C)C([2H])([2H])[2H])c[nH]c2c1[2H]. The number of cyclic esters (lactones) is 1. The number of nitrogens with one attached hydrogen (secondary N) is 2. The maximum atomic E-state index is 11.4. The molecule has 2 N–H and O–H groups in total. The first-order valence-corrected chi connectivity index (χ1v) is 6.36. The topological polar surface area (TPSA) is 57.4 Å². The van der Waals surface area contributed by atoms with Gasteiger partial charge in [0, 0.05) is 33.2 Å².